The van der Waals surface area contributed by atoms with Crippen LogP contribution in [0.3, 0.4) is 0 Å². The van der Waals surface area contributed by atoms with E-state index in [2.05, 4.69) is 4.98 Å². The Hall–Kier alpha value is -2.34. The molecule has 2 aromatic rings. The Morgan fingerprint density at radius 1 is 1.38 bits per heavy atom. The molecule has 3 heterocycles. The predicted molar refractivity (Wildman–Crippen MR) is 79.7 cm³/mol. The first-order valence-corrected chi connectivity index (χ1v) is 7.46. The van der Waals surface area contributed by atoms with Crippen molar-refractivity contribution in [3.8, 4) is 0 Å². The molecule has 1 aliphatic heterocycles. The summed E-state index contributed by atoms with van der Waals surface area (Å²) in [5.41, 5.74) is 1.79. The van der Waals surface area contributed by atoms with Crippen LogP contribution >= 0.6 is 11.3 Å². The van der Waals surface area contributed by atoms with E-state index in [1.807, 2.05) is 22.9 Å². The van der Waals surface area contributed by atoms with Gasteiger partial charge in [-0.05, 0) is 34.5 Å². The molecule has 0 fully saturated rings. The topological polar surface area (TPSA) is 51.7 Å². The Balaban J connectivity index is 1.88. The highest BCUT2D eigenvalue weighted by Crippen LogP contribution is 2.21. The number of pyridine rings is 1. The summed E-state index contributed by atoms with van der Waals surface area (Å²) in [4.78, 5) is 18.4. The first-order valence-electron chi connectivity index (χ1n) is 6.52. The van der Waals surface area contributed by atoms with Crippen molar-refractivity contribution in [3.63, 3.8) is 0 Å². The molecule has 2 aromatic heterocycles. The number of carbonyl (C=O) groups is 1. The Bertz CT molecular complexity index is 626. The molecule has 1 amide bonds. The zero-order valence-corrected chi connectivity index (χ0v) is 12.1. The fourth-order valence-corrected chi connectivity index (χ4v) is 2.63. The van der Waals surface area contributed by atoms with E-state index in [-0.39, 0.29) is 11.7 Å². The standard InChI is InChI=1S/C15H14N2O3S/c18-15(14-10-19-5-6-20-14)17(9-12-3-7-21-11-12)13-2-1-4-16-8-13/h1-4,7-8,10-11H,5-6,9H2. The Kier molecular flexibility index (Phi) is 4.16. The van der Waals surface area contributed by atoms with Gasteiger partial charge in [-0.2, -0.15) is 11.3 Å². The third kappa shape index (κ3) is 3.22. The molecule has 0 spiro atoms. The number of rotatable bonds is 4. The summed E-state index contributed by atoms with van der Waals surface area (Å²) in [7, 11) is 0. The predicted octanol–water partition coefficient (Wildman–Crippen LogP) is 2.56. The third-order valence-electron chi connectivity index (χ3n) is 2.98. The van der Waals surface area contributed by atoms with E-state index in [0.29, 0.717) is 19.8 Å². The molecule has 0 bridgehead atoms. The summed E-state index contributed by atoms with van der Waals surface area (Å²) in [6, 6.07) is 5.64. The molecular weight excluding hydrogens is 288 g/mol. The largest absolute Gasteiger partial charge is 0.494 e. The second kappa shape index (κ2) is 6.41. The normalized spacial score (nSPS) is 13.8. The van der Waals surface area contributed by atoms with E-state index in [4.69, 9.17) is 9.47 Å². The van der Waals surface area contributed by atoms with Crippen molar-refractivity contribution in [1.82, 2.24) is 4.98 Å². The third-order valence-corrected chi connectivity index (χ3v) is 3.72. The van der Waals surface area contributed by atoms with Crippen LogP contribution in [0.15, 0.2) is 53.4 Å². The lowest BCUT2D eigenvalue weighted by atomic mass is 10.2. The maximum Gasteiger partial charge on any atom is 0.296 e. The lowest BCUT2D eigenvalue weighted by Crippen LogP contribution is -2.33. The van der Waals surface area contributed by atoms with Gasteiger partial charge in [-0.15, -0.1) is 0 Å². The van der Waals surface area contributed by atoms with Gasteiger partial charge in [0.15, 0.2) is 0 Å². The molecule has 0 N–H and O–H groups in total. The Labute approximate surface area is 126 Å². The second-order valence-electron chi connectivity index (χ2n) is 4.44. The highest BCUT2D eigenvalue weighted by Gasteiger charge is 2.24. The summed E-state index contributed by atoms with van der Waals surface area (Å²) in [5.74, 6) is -0.00534. The summed E-state index contributed by atoms with van der Waals surface area (Å²) in [5, 5.41) is 4.00. The van der Waals surface area contributed by atoms with E-state index >= 15 is 0 Å². The van der Waals surface area contributed by atoms with Gasteiger partial charge in [-0.25, -0.2) is 0 Å². The quantitative estimate of drug-likeness (QED) is 0.871. The highest BCUT2D eigenvalue weighted by atomic mass is 32.1. The number of aromatic nitrogens is 1. The molecule has 0 aliphatic carbocycles. The first-order chi connectivity index (χ1) is 10.3. The molecule has 21 heavy (non-hydrogen) atoms. The molecule has 1 aliphatic rings. The SMILES string of the molecule is O=C(C1=COCCO1)N(Cc1ccsc1)c1cccnc1. The van der Waals surface area contributed by atoms with Gasteiger partial charge >= 0.3 is 0 Å². The van der Waals surface area contributed by atoms with Crippen molar-refractivity contribution in [2.45, 2.75) is 6.54 Å². The van der Waals surface area contributed by atoms with E-state index in [9.17, 15) is 4.79 Å². The minimum Gasteiger partial charge on any atom is -0.494 e. The Morgan fingerprint density at radius 2 is 2.33 bits per heavy atom. The van der Waals surface area contributed by atoms with Crippen LogP contribution in [0.5, 0.6) is 0 Å². The number of hydrogen-bond acceptors (Lipinski definition) is 5. The number of thiophene rings is 1. The summed E-state index contributed by atoms with van der Waals surface area (Å²) < 4.78 is 10.6. The number of carbonyl (C=O) groups excluding carboxylic acids is 1. The average Bonchev–Trinajstić information content (AvgIpc) is 3.07. The molecule has 0 unspecified atom stereocenters. The summed E-state index contributed by atoms with van der Waals surface area (Å²) in [6.07, 6.45) is 4.72. The molecule has 0 saturated heterocycles. The molecule has 108 valence electrons. The number of ether oxygens (including phenoxy) is 2. The van der Waals surface area contributed by atoms with Crippen LogP contribution in [0.4, 0.5) is 5.69 Å². The van der Waals surface area contributed by atoms with Gasteiger partial charge < -0.3 is 9.47 Å². The van der Waals surface area contributed by atoms with Crippen molar-refractivity contribution in [1.29, 1.82) is 0 Å². The monoisotopic (exact) mass is 302 g/mol. The number of nitrogens with zero attached hydrogens (tertiary/aromatic N) is 2. The molecule has 6 heteroatoms. The number of amides is 1. The highest BCUT2D eigenvalue weighted by molar-refractivity contribution is 7.07. The summed E-state index contributed by atoms with van der Waals surface area (Å²) in [6.45, 7) is 1.32. The fraction of sp³-hybridized carbons (Fsp3) is 0.200. The maximum absolute atomic E-state index is 12.7. The second-order valence-corrected chi connectivity index (χ2v) is 5.22. The van der Waals surface area contributed by atoms with Crippen molar-refractivity contribution < 1.29 is 14.3 Å². The van der Waals surface area contributed by atoms with Crippen LogP contribution in [0.1, 0.15) is 5.56 Å². The van der Waals surface area contributed by atoms with Gasteiger partial charge in [0.25, 0.3) is 5.91 Å². The smallest absolute Gasteiger partial charge is 0.296 e. The maximum atomic E-state index is 12.7. The number of anilines is 1. The zero-order valence-electron chi connectivity index (χ0n) is 11.3. The van der Waals surface area contributed by atoms with Gasteiger partial charge in [0.1, 0.15) is 19.5 Å². The minimum absolute atomic E-state index is 0.223. The van der Waals surface area contributed by atoms with E-state index in [1.165, 1.54) is 6.26 Å². The summed E-state index contributed by atoms with van der Waals surface area (Å²) >= 11 is 1.60. The molecule has 0 saturated carbocycles. The first kappa shape index (κ1) is 13.6. The van der Waals surface area contributed by atoms with E-state index < -0.39 is 0 Å². The average molecular weight is 302 g/mol. The van der Waals surface area contributed by atoms with Crippen LogP contribution < -0.4 is 4.90 Å². The minimum atomic E-state index is -0.228. The lowest BCUT2D eigenvalue weighted by molar-refractivity contribution is -0.120. The fourth-order valence-electron chi connectivity index (χ4n) is 1.97. The molecule has 3 rings (SSSR count). The van der Waals surface area contributed by atoms with Crippen LogP contribution in [0, 0.1) is 0 Å². The van der Waals surface area contributed by atoms with Crippen LogP contribution in [-0.2, 0) is 20.8 Å². The van der Waals surface area contributed by atoms with Crippen molar-refractivity contribution >= 4 is 22.9 Å². The van der Waals surface area contributed by atoms with Crippen molar-refractivity contribution in [2.75, 3.05) is 18.1 Å². The molecular formula is C15H14N2O3S. The van der Waals surface area contributed by atoms with Gasteiger partial charge in [0.05, 0.1) is 18.4 Å². The molecule has 0 atom stereocenters. The molecule has 0 radical (unpaired) electrons. The van der Waals surface area contributed by atoms with Crippen molar-refractivity contribution in [3.05, 3.63) is 58.9 Å². The zero-order chi connectivity index (χ0) is 14.5. The van der Waals surface area contributed by atoms with Gasteiger partial charge in [0.2, 0.25) is 5.76 Å². The van der Waals surface area contributed by atoms with Gasteiger partial charge in [-0.1, -0.05) is 0 Å². The Morgan fingerprint density at radius 3 is 3.00 bits per heavy atom. The van der Waals surface area contributed by atoms with Gasteiger partial charge in [0, 0.05) is 6.20 Å². The van der Waals surface area contributed by atoms with Crippen LogP contribution in [0.25, 0.3) is 0 Å². The van der Waals surface area contributed by atoms with E-state index in [0.717, 1.165) is 11.3 Å². The van der Waals surface area contributed by atoms with Crippen molar-refractivity contribution in [2.24, 2.45) is 0 Å². The lowest BCUT2D eigenvalue weighted by Gasteiger charge is -2.24. The molecule has 0 aromatic carbocycles. The van der Waals surface area contributed by atoms with Gasteiger partial charge in [-0.3, -0.25) is 14.7 Å². The van der Waals surface area contributed by atoms with E-state index in [1.54, 1.807) is 34.7 Å². The van der Waals surface area contributed by atoms with Crippen LogP contribution in [0.2, 0.25) is 0 Å². The van der Waals surface area contributed by atoms with Crippen LogP contribution in [-0.4, -0.2) is 24.1 Å². The molecule has 5 nitrogen and oxygen atoms in total. The number of hydrogen-bond donors (Lipinski definition) is 0.